The molecule has 1 aromatic heterocycles. The van der Waals surface area contributed by atoms with Gasteiger partial charge in [-0.25, -0.2) is 0 Å². The molecule has 1 aliphatic heterocycles. The predicted octanol–water partition coefficient (Wildman–Crippen LogP) is 3.66. The summed E-state index contributed by atoms with van der Waals surface area (Å²) in [4.78, 5) is 2.12. The predicted molar refractivity (Wildman–Crippen MR) is 98.6 cm³/mol. The van der Waals surface area contributed by atoms with Crippen LogP contribution in [0.4, 0.5) is 5.82 Å². The Bertz CT molecular complexity index is 851. The van der Waals surface area contributed by atoms with Crippen LogP contribution in [0, 0.1) is 25.2 Å². The molecule has 0 unspecified atom stereocenters. The lowest BCUT2D eigenvalue weighted by Gasteiger charge is -2.28. The van der Waals surface area contributed by atoms with Crippen molar-refractivity contribution in [1.29, 1.82) is 5.26 Å². The van der Waals surface area contributed by atoms with E-state index in [1.54, 1.807) is 0 Å². The van der Waals surface area contributed by atoms with Crippen LogP contribution >= 0.6 is 0 Å². The van der Waals surface area contributed by atoms with Gasteiger partial charge in [0.2, 0.25) is 0 Å². The molecule has 2 aromatic rings. The summed E-state index contributed by atoms with van der Waals surface area (Å²) in [5.41, 5.74) is 4.76. The van der Waals surface area contributed by atoms with Gasteiger partial charge in [0.15, 0.2) is 5.82 Å². The van der Waals surface area contributed by atoms with Crippen molar-refractivity contribution >= 4 is 11.4 Å². The van der Waals surface area contributed by atoms with Gasteiger partial charge < -0.3 is 9.64 Å². The number of aryl methyl sites for hydroxylation is 1. The second-order valence-electron chi connectivity index (χ2n) is 6.08. The molecule has 1 aliphatic rings. The average Bonchev–Trinajstić information content (AvgIpc) is 2.65. The van der Waals surface area contributed by atoms with Crippen LogP contribution in [0.2, 0.25) is 0 Å². The summed E-state index contributed by atoms with van der Waals surface area (Å²) >= 11 is 0. The minimum atomic E-state index is 0.624. The van der Waals surface area contributed by atoms with Gasteiger partial charge in [-0.05, 0) is 44.4 Å². The van der Waals surface area contributed by atoms with Crippen LogP contribution in [0.15, 0.2) is 30.3 Å². The minimum Gasteiger partial charge on any atom is -0.493 e. The van der Waals surface area contributed by atoms with Gasteiger partial charge in [0.1, 0.15) is 17.4 Å². The standard InChI is InChI=1S/C20H22N4O/c1-4-25-19-8-6-5-7-17(19)16-9-11-24(12-10-16)20-18(13-21)14(2)15(3)22-23-20/h5-9H,4,10-12H2,1-3H3. The van der Waals surface area contributed by atoms with E-state index >= 15 is 0 Å². The third-order valence-electron chi connectivity index (χ3n) is 4.59. The molecule has 0 amide bonds. The Morgan fingerprint density at radius 1 is 1.24 bits per heavy atom. The molecular weight excluding hydrogens is 312 g/mol. The van der Waals surface area contributed by atoms with Gasteiger partial charge in [0, 0.05) is 18.7 Å². The van der Waals surface area contributed by atoms with Crippen LogP contribution in [0.5, 0.6) is 5.75 Å². The molecule has 25 heavy (non-hydrogen) atoms. The fraction of sp³-hybridized carbons (Fsp3) is 0.350. The Morgan fingerprint density at radius 3 is 2.72 bits per heavy atom. The second-order valence-corrected chi connectivity index (χ2v) is 6.08. The first-order valence-electron chi connectivity index (χ1n) is 8.55. The summed E-state index contributed by atoms with van der Waals surface area (Å²) in [6, 6.07) is 10.4. The Balaban J connectivity index is 1.87. The Hall–Kier alpha value is -2.87. The highest BCUT2D eigenvalue weighted by Gasteiger charge is 2.21. The average molecular weight is 334 g/mol. The Labute approximate surface area is 148 Å². The lowest BCUT2D eigenvalue weighted by atomic mass is 9.98. The fourth-order valence-electron chi connectivity index (χ4n) is 3.07. The number of benzene rings is 1. The molecule has 2 heterocycles. The molecule has 128 valence electrons. The molecule has 5 nitrogen and oxygen atoms in total. The molecule has 0 fully saturated rings. The van der Waals surface area contributed by atoms with E-state index in [-0.39, 0.29) is 0 Å². The van der Waals surface area contributed by atoms with Gasteiger partial charge in [-0.3, -0.25) is 0 Å². The lowest BCUT2D eigenvalue weighted by Crippen LogP contribution is -2.30. The summed E-state index contributed by atoms with van der Waals surface area (Å²) in [5.74, 6) is 1.60. The van der Waals surface area contributed by atoms with Crippen molar-refractivity contribution in [2.24, 2.45) is 0 Å². The summed E-state index contributed by atoms with van der Waals surface area (Å²) in [6.45, 7) is 7.97. The molecule has 0 N–H and O–H groups in total. The third-order valence-corrected chi connectivity index (χ3v) is 4.59. The number of hydrogen-bond donors (Lipinski definition) is 0. The fourth-order valence-corrected chi connectivity index (χ4v) is 3.07. The number of rotatable bonds is 4. The Morgan fingerprint density at radius 2 is 2.04 bits per heavy atom. The molecule has 3 rings (SSSR count). The van der Waals surface area contributed by atoms with Crippen LogP contribution in [0.3, 0.4) is 0 Å². The van der Waals surface area contributed by atoms with Crippen molar-refractivity contribution in [3.05, 3.63) is 52.7 Å². The lowest BCUT2D eigenvalue weighted by molar-refractivity contribution is 0.339. The molecule has 0 spiro atoms. The highest BCUT2D eigenvalue weighted by Crippen LogP contribution is 2.32. The topological polar surface area (TPSA) is 62.0 Å². The van der Waals surface area contributed by atoms with Crippen LogP contribution < -0.4 is 9.64 Å². The minimum absolute atomic E-state index is 0.624. The van der Waals surface area contributed by atoms with E-state index in [2.05, 4.69) is 33.3 Å². The van der Waals surface area contributed by atoms with Crippen molar-refractivity contribution in [3.63, 3.8) is 0 Å². The first-order chi connectivity index (χ1) is 12.2. The molecule has 0 radical (unpaired) electrons. The molecule has 1 aromatic carbocycles. The van der Waals surface area contributed by atoms with Gasteiger partial charge in [-0.15, -0.1) is 5.10 Å². The van der Waals surface area contributed by atoms with Gasteiger partial charge >= 0.3 is 0 Å². The number of aromatic nitrogens is 2. The van der Waals surface area contributed by atoms with Crippen LogP contribution in [-0.2, 0) is 0 Å². The highest BCUT2D eigenvalue weighted by molar-refractivity contribution is 5.73. The zero-order valence-electron chi connectivity index (χ0n) is 14.9. The maximum Gasteiger partial charge on any atom is 0.169 e. The van der Waals surface area contributed by atoms with Gasteiger partial charge in [-0.2, -0.15) is 10.4 Å². The highest BCUT2D eigenvalue weighted by atomic mass is 16.5. The largest absolute Gasteiger partial charge is 0.493 e. The zero-order chi connectivity index (χ0) is 17.8. The molecular formula is C20H22N4O. The summed E-state index contributed by atoms with van der Waals surface area (Å²) in [5, 5.41) is 18.0. The van der Waals surface area contributed by atoms with Crippen LogP contribution in [0.1, 0.15) is 35.7 Å². The summed E-state index contributed by atoms with van der Waals surface area (Å²) in [6.07, 6.45) is 3.07. The van der Waals surface area contributed by atoms with Crippen molar-refractivity contribution in [3.8, 4) is 11.8 Å². The number of nitriles is 1. The van der Waals surface area contributed by atoms with E-state index in [1.807, 2.05) is 39.0 Å². The SMILES string of the molecule is CCOc1ccccc1C1=CCN(c2nnc(C)c(C)c2C#N)CC1. The molecule has 0 saturated heterocycles. The van der Waals surface area contributed by atoms with Crippen molar-refractivity contribution in [2.45, 2.75) is 27.2 Å². The molecule has 0 saturated carbocycles. The monoisotopic (exact) mass is 334 g/mol. The van der Waals surface area contributed by atoms with Crippen molar-refractivity contribution in [1.82, 2.24) is 10.2 Å². The normalized spacial score (nSPS) is 14.0. The van der Waals surface area contributed by atoms with E-state index in [0.717, 1.165) is 35.5 Å². The summed E-state index contributed by atoms with van der Waals surface area (Å²) in [7, 11) is 0. The summed E-state index contributed by atoms with van der Waals surface area (Å²) < 4.78 is 5.75. The maximum absolute atomic E-state index is 9.50. The quantitative estimate of drug-likeness (QED) is 0.854. The van der Waals surface area contributed by atoms with Gasteiger partial charge in [0.25, 0.3) is 0 Å². The van der Waals surface area contributed by atoms with E-state index < -0.39 is 0 Å². The first kappa shape index (κ1) is 17.0. The van der Waals surface area contributed by atoms with Crippen molar-refractivity contribution < 1.29 is 4.74 Å². The number of hydrogen-bond acceptors (Lipinski definition) is 5. The molecule has 5 heteroatoms. The van der Waals surface area contributed by atoms with Crippen LogP contribution in [-0.4, -0.2) is 29.9 Å². The number of nitrogens with zero attached hydrogens (tertiary/aromatic N) is 4. The smallest absolute Gasteiger partial charge is 0.169 e. The van der Waals surface area contributed by atoms with E-state index in [0.29, 0.717) is 24.5 Å². The molecule has 0 bridgehead atoms. The first-order valence-corrected chi connectivity index (χ1v) is 8.55. The van der Waals surface area contributed by atoms with E-state index in [4.69, 9.17) is 4.74 Å². The number of para-hydroxylation sites is 1. The van der Waals surface area contributed by atoms with Gasteiger partial charge in [-0.1, -0.05) is 24.3 Å². The second kappa shape index (κ2) is 7.35. The van der Waals surface area contributed by atoms with Crippen molar-refractivity contribution in [2.75, 3.05) is 24.6 Å². The molecule has 0 aliphatic carbocycles. The molecule has 0 atom stereocenters. The van der Waals surface area contributed by atoms with Crippen LogP contribution in [0.25, 0.3) is 5.57 Å². The number of anilines is 1. The third kappa shape index (κ3) is 3.34. The Kier molecular flexibility index (Phi) is 4.99. The van der Waals surface area contributed by atoms with E-state index in [1.165, 1.54) is 5.57 Å². The number of ether oxygens (including phenoxy) is 1. The van der Waals surface area contributed by atoms with Gasteiger partial charge in [0.05, 0.1) is 12.3 Å². The maximum atomic E-state index is 9.50. The van der Waals surface area contributed by atoms with E-state index in [9.17, 15) is 5.26 Å². The zero-order valence-corrected chi connectivity index (χ0v) is 14.9.